The number of rotatable bonds is 10. The molecule has 0 aliphatic rings. The second-order valence-corrected chi connectivity index (χ2v) is 6.04. The topological polar surface area (TPSA) is 116 Å². The number of imide groups is 1. The van der Waals surface area contributed by atoms with Crippen LogP contribution in [-0.4, -0.2) is 46.7 Å². The van der Waals surface area contributed by atoms with Gasteiger partial charge in [0.05, 0.1) is 0 Å². The maximum Gasteiger partial charge on any atom is 0.348 e. The Labute approximate surface area is 137 Å². The quantitative estimate of drug-likeness (QED) is 0.185. The molecular formula is C15H30N4O4. The summed E-state index contributed by atoms with van der Waals surface area (Å²) in [6, 6.07) is -0.808. The van der Waals surface area contributed by atoms with Gasteiger partial charge in [0.2, 0.25) is 5.91 Å². The summed E-state index contributed by atoms with van der Waals surface area (Å²) >= 11 is 0. The van der Waals surface area contributed by atoms with Crippen LogP contribution in [0.4, 0.5) is 4.79 Å². The maximum absolute atomic E-state index is 11.6. The summed E-state index contributed by atoms with van der Waals surface area (Å²) in [6.07, 6.45) is 4.10. The van der Waals surface area contributed by atoms with Crippen LogP contribution in [0, 0.1) is 5.92 Å². The number of hydrogen-bond acceptors (Lipinski definition) is 5. The molecular weight excluding hydrogens is 300 g/mol. The summed E-state index contributed by atoms with van der Waals surface area (Å²) in [5.74, 6) is 5.04. The van der Waals surface area contributed by atoms with Gasteiger partial charge in [-0.05, 0) is 25.2 Å². The highest BCUT2D eigenvalue weighted by atomic mass is 16.5. The third-order valence-corrected chi connectivity index (χ3v) is 3.34. The molecule has 8 heteroatoms. The number of carbonyl (C=O) groups is 3. The van der Waals surface area contributed by atoms with E-state index < -0.39 is 11.9 Å². The average Bonchev–Trinajstić information content (AvgIpc) is 2.48. The molecule has 0 saturated carbocycles. The molecule has 0 aromatic heterocycles. The normalized spacial score (nSPS) is 10.5. The minimum Gasteiger partial charge on any atom is -0.336 e. The summed E-state index contributed by atoms with van der Waals surface area (Å²) in [7, 11) is 1.50. The fourth-order valence-corrected chi connectivity index (χ4v) is 1.91. The maximum atomic E-state index is 11.6. The van der Waals surface area contributed by atoms with Crippen LogP contribution >= 0.6 is 0 Å². The summed E-state index contributed by atoms with van der Waals surface area (Å²) in [5, 5.41) is 13.2. The third-order valence-electron chi connectivity index (χ3n) is 3.34. The lowest BCUT2D eigenvalue weighted by Crippen LogP contribution is -2.41. The van der Waals surface area contributed by atoms with Gasteiger partial charge in [-0.1, -0.05) is 26.7 Å². The Morgan fingerprint density at radius 2 is 1.65 bits per heavy atom. The van der Waals surface area contributed by atoms with Crippen LogP contribution in [0.1, 0.15) is 58.8 Å². The monoisotopic (exact) mass is 330 g/mol. The number of nitrogens with two attached hydrogens (primary N) is 1. The number of nitrogens with zero attached hydrogens (tertiary/aromatic N) is 2. The second kappa shape index (κ2) is 11.8. The van der Waals surface area contributed by atoms with Crippen molar-refractivity contribution in [1.29, 1.82) is 0 Å². The molecule has 8 nitrogen and oxygen atoms in total. The predicted octanol–water partition coefficient (Wildman–Crippen LogP) is 1.63. The zero-order valence-corrected chi connectivity index (χ0v) is 14.4. The molecule has 0 heterocycles. The van der Waals surface area contributed by atoms with Crippen LogP contribution in [-0.2, 0) is 9.59 Å². The molecule has 0 saturated heterocycles. The molecule has 23 heavy (non-hydrogen) atoms. The van der Waals surface area contributed by atoms with Crippen LogP contribution in [0.5, 0.6) is 0 Å². The Morgan fingerprint density at radius 3 is 2.22 bits per heavy atom. The fraction of sp³-hybridized carbons (Fsp3) is 0.800. The van der Waals surface area contributed by atoms with Gasteiger partial charge in [-0.15, -0.1) is 5.06 Å². The Bertz CT molecular complexity index is 386. The van der Waals surface area contributed by atoms with E-state index in [1.165, 1.54) is 7.05 Å². The van der Waals surface area contributed by atoms with Crippen molar-refractivity contribution in [1.82, 2.24) is 15.4 Å². The minimum absolute atomic E-state index is 0.137. The zero-order chi connectivity index (χ0) is 17.8. The van der Waals surface area contributed by atoms with Crippen LogP contribution in [0.2, 0.25) is 0 Å². The zero-order valence-electron chi connectivity index (χ0n) is 14.4. The van der Waals surface area contributed by atoms with Crippen molar-refractivity contribution < 1.29 is 19.6 Å². The Balaban J connectivity index is 3.76. The van der Waals surface area contributed by atoms with E-state index in [1.807, 2.05) is 13.8 Å². The molecule has 0 bridgehead atoms. The first-order valence-corrected chi connectivity index (χ1v) is 8.06. The van der Waals surface area contributed by atoms with Crippen LogP contribution in [0.3, 0.4) is 0 Å². The van der Waals surface area contributed by atoms with Crippen molar-refractivity contribution in [2.45, 2.75) is 58.8 Å². The van der Waals surface area contributed by atoms with Gasteiger partial charge in [0.25, 0.3) is 5.91 Å². The number of nitrogens with one attached hydrogen (secondary N) is 1. The van der Waals surface area contributed by atoms with E-state index in [0.29, 0.717) is 38.1 Å². The first-order valence-electron chi connectivity index (χ1n) is 8.06. The smallest absolute Gasteiger partial charge is 0.336 e. The average molecular weight is 330 g/mol. The number of hydrazine groups is 1. The number of hydrogen-bond donors (Lipinski definition) is 3. The Kier molecular flexibility index (Phi) is 11.0. The van der Waals surface area contributed by atoms with Crippen LogP contribution < -0.4 is 11.2 Å². The summed E-state index contributed by atoms with van der Waals surface area (Å²) in [5.41, 5.74) is 0. The van der Waals surface area contributed by atoms with E-state index >= 15 is 0 Å². The predicted molar refractivity (Wildman–Crippen MR) is 86.1 cm³/mol. The number of unbranched alkanes of at least 4 members (excludes halogenated alkanes) is 2. The van der Waals surface area contributed by atoms with E-state index in [0.717, 1.165) is 17.9 Å². The SMILES string of the molecule is CC(C)CCCC(=O)N(O)C(=O)NCCCCCC(=O)N(C)N. The minimum atomic E-state index is -0.808. The first kappa shape index (κ1) is 21.3. The molecule has 134 valence electrons. The van der Waals surface area contributed by atoms with Crippen molar-refractivity contribution >= 4 is 17.8 Å². The molecule has 0 aliphatic heterocycles. The van der Waals surface area contributed by atoms with Crippen LogP contribution in [0.25, 0.3) is 0 Å². The van der Waals surface area contributed by atoms with E-state index in [9.17, 15) is 19.6 Å². The van der Waals surface area contributed by atoms with Gasteiger partial charge >= 0.3 is 6.03 Å². The summed E-state index contributed by atoms with van der Waals surface area (Å²) in [6.45, 7) is 4.43. The van der Waals surface area contributed by atoms with E-state index in [2.05, 4.69) is 5.32 Å². The van der Waals surface area contributed by atoms with Crippen molar-refractivity contribution in [3.63, 3.8) is 0 Å². The molecule has 0 aromatic rings. The first-order chi connectivity index (χ1) is 10.8. The van der Waals surface area contributed by atoms with Crippen molar-refractivity contribution in [3.8, 4) is 0 Å². The van der Waals surface area contributed by atoms with E-state index in [-0.39, 0.29) is 17.4 Å². The lowest BCUT2D eigenvalue weighted by Gasteiger charge is -2.14. The molecule has 0 spiro atoms. The molecule has 4 N–H and O–H groups in total. The number of carbonyl (C=O) groups excluding carboxylic acids is 3. The molecule has 0 fully saturated rings. The van der Waals surface area contributed by atoms with Crippen molar-refractivity contribution in [3.05, 3.63) is 0 Å². The Hall–Kier alpha value is -1.67. The van der Waals surface area contributed by atoms with E-state index in [1.54, 1.807) is 0 Å². The fourth-order valence-electron chi connectivity index (χ4n) is 1.91. The van der Waals surface area contributed by atoms with E-state index in [4.69, 9.17) is 5.84 Å². The standard InChI is InChI=1S/C15H30N4O4/c1-12(2)8-7-10-14(21)19(23)15(22)17-11-6-4-5-9-13(20)18(3)16/h12,23H,4-11,16H2,1-3H3,(H,17,22). The molecule has 0 unspecified atom stereocenters. The molecule has 0 atom stereocenters. The number of hydroxylamine groups is 2. The molecule has 0 radical (unpaired) electrons. The molecule has 0 aromatic carbocycles. The summed E-state index contributed by atoms with van der Waals surface area (Å²) < 4.78 is 0. The van der Waals surface area contributed by atoms with Gasteiger partial charge in [0.15, 0.2) is 0 Å². The number of amides is 4. The van der Waals surface area contributed by atoms with Gasteiger partial charge in [-0.3, -0.25) is 19.8 Å². The van der Waals surface area contributed by atoms with Gasteiger partial charge in [0.1, 0.15) is 0 Å². The van der Waals surface area contributed by atoms with Crippen molar-refractivity contribution in [2.24, 2.45) is 11.8 Å². The number of urea groups is 1. The summed E-state index contributed by atoms with van der Waals surface area (Å²) in [4.78, 5) is 34.4. The third kappa shape index (κ3) is 10.6. The van der Waals surface area contributed by atoms with Crippen molar-refractivity contribution in [2.75, 3.05) is 13.6 Å². The highest BCUT2D eigenvalue weighted by molar-refractivity contribution is 5.92. The largest absolute Gasteiger partial charge is 0.348 e. The molecule has 0 rings (SSSR count). The molecule has 0 aliphatic carbocycles. The highest BCUT2D eigenvalue weighted by Crippen LogP contribution is 2.07. The lowest BCUT2D eigenvalue weighted by molar-refractivity contribution is -0.152. The van der Waals surface area contributed by atoms with Gasteiger partial charge in [-0.2, -0.15) is 0 Å². The van der Waals surface area contributed by atoms with Gasteiger partial charge in [-0.25, -0.2) is 10.6 Å². The second-order valence-electron chi connectivity index (χ2n) is 6.04. The van der Waals surface area contributed by atoms with Gasteiger partial charge in [0, 0.05) is 26.4 Å². The Morgan fingerprint density at radius 1 is 1.04 bits per heavy atom. The van der Waals surface area contributed by atoms with Crippen LogP contribution in [0.15, 0.2) is 0 Å². The van der Waals surface area contributed by atoms with Gasteiger partial charge < -0.3 is 5.32 Å². The molecule has 4 amide bonds. The highest BCUT2D eigenvalue weighted by Gasteiger charge is 2.18. The lowest BCUT2D eigenvalue weighted by atomic mass is 10.1.